The van der Waals surface area contributed by atoms with Crippen LogP contribution in [0.2, 0.25) is 0 Å². The van der Waals surface area contributed by atoms with Crippen LogP contribution in [0.4, 0.5) is 13.6 Å². The molecule has 0 aliphatic carbocycles. The number of ether oxygens (including phenoxy) is 1. The van der Waals surface area contributed by atoms with E-state index in [4.69, 9.17) is 4.74 Å². The van der Waals surface area contributed by atoms with E-state index in [1.54, 1.807) is 4.90 Å². The van der Waals surface area contributed by atoms with E-state index < -0.39 is 12.6 Å². The van der Waals surface area contributed by atoms with Crippen LogP contribution in [0.15, 0.2) is 60.7 Å². The molecule has 10 heteroatoms. The number of hydrogen-bond acceptors (Lipinski definition) is 6. The lowest BCUT2D eigenvalue weighted by Gasteiger charge is -2.37. The summed E-state index contributed by atoms with van der Waals surface area (Å²) >= 11 is 0. The normalized spacial score (nSPS) is 15.8. The molecule has 0 bridgehead atoms. The van der Waals surface area contributed by atoms with Crippen LogP contribution in [-0.4, -0.2) is 62.3 Å². The Morgan fingerprint density at radius 2 is 1.61 bits per heavy atom. The maximum absolute atomic E-state index is 13.0. The molecule has 3 aromatic rings. The molecule has 1 saturated heterocycles. The van der Waals surface area contributed by atoms with Crippen molar-refractivity contribution in [3.05, 3.63) is 77.6 Å². The topological polar surface area (TPSA) is 76.4 Å². The summed E-state index contributed by atoms with van der Waals surface area (Å²) in [5, 5.41) is 11.2. The molecular formula is C21H22F2N6O2. The number of hydrogen-bond donors (Lipinski definition) is 0. The first-order valence-electron chi connectivity index (χ1n) is 9.94. The molecule has 1 aromatic heterocycles. The number of alkyl halides is 2. The summed E-state index contributed by atoms with van der Waals surface area (Å²) in [6.45, 7) is -0.714. The molecule has 0 spiro atoms. The van der Waals surface area contributed by atoms with Crippen molar-refractivity contribution >= 4 is 6.09 Å². The zero-order valence-electron chi connectivity index (χ0n) is 16.7. The van der Waals surface area contributed by atoms with Crippen LogP contribution in [0.25, 0.3) is 0 Å². The average molecular weight is 428 g/mol. The summed E-state index contributed by atoms with van der Waals surface area (Å²) in [7, 11) is 0. The molecule has 0 N–H and O–H groups in total. The number of amides is 1. The van der Waals surface area contributed by atoms with Gasteiger partial charge in [-0.1, -0.05) is 65.5 Å². The van der Waals surface area contributed by atoms with Crippen molar-refractivity contribution in [3.63, 3.8) is 0 Å². The molecule has 1 atom stereocenters. The number of carbonyl (C=O) groups excluding carboxylic acids is 1. The third-order valence-corrected chi connectivity index (χ3v) is 5.12. The van der Waals surface area contributed by atoms with E-state index in [0.29, 0.717) is 31.0 Å². The van der Waals surface area contributed by atoms with Crippen molar-refractivity contribution in [2.45, 2.75) is 19.2 Å². The molecule has 162 valence electrons. The zero-order chi connectivity index (χ0) is 21.6. The van der Waals surface area contributed by atoms with E-state index in [2.05, 4.69) is 20.3 Å². The molecule has 1 amide bonds. The Bertz CT molecular complexity index is 978. The van der Waals surface area contributed by atoms with Crippen molar-refractivity contribution < 1.29 is 18.3 Å². The molecule has 4 rings (SSSR count). The van der Waals surface area contributed by atoms with E-state index in [1.807, 2.05) is 60.7 Å². The first-order chi connectivity index (χ1) is 15.1. The predicted molar refractivity (Wildman–Crippen MR) is 107 cm³/mol. The maximum Gasteiger partial charge on any atom is 0.410 e. The smallest absolute Gasteiger partial charge is 0.410 e. The third kappa shape index (κ3) is 5.02. The Balaban J connectivity index is 1.42. The average Bonchev–Trinajstić information content (AvgIpc) is 3.30. The lowest BCUT2D eigenvalue weighted by molar-refractivity contribution is 0.0384. The molecule has 1 fully saturated rings. The highest BCUT2D eigenvalue weighted by Gasteiger charge is 2.32. The van der Waals surface area contributed by atoms with Gasteiger partial charge in [0.1, 0.15) is 6.61 Å². The van der Waals surface area contributed by atoms with Gasteiger partial charge in [0.2, 0.25) is 0 Å². The van der Waals surface area contributed by atoms with Crippen LogP contribution in [0.5, 0.6) is 0 Å². The fourth-order valence-electron chi connectivity index (χ4n) is 3.56. The summed E-state index contributed by atoms with van der Waals surface area (Å²) in [5.74, 6) is 0.201. The van der Waals surface area contributed by atoms with Gasteiger partial charge in [0.25, 0.3) is 0 Å². The molecule has 1 aliphatic heterocycles. The lowest BCUT2D eigenvalue weighted by atomic mass is 10.0. The Morgan fingerprint density at radius 1 is 0.968 bits per heavy atom. The summed E-state index contributed by atoms with van der Waals surface area (Å²) in [6, 6.07) is 18.5. The quantitative estimate of drug-likeness (QED) is 0.601. The van der Waals surface area contributed by atoms with Crippen molar-refractivity contribution in [2.24, 2.45) is 0 Å². The number of carbonyl (C=O) groups is 1. The van der Waals surface area contributed by atoms with Gasteiger partial charge in [0, 0.05) is 26.2 Å². The number of halogens is 2. The highest BCUT2D eigenvalue weighted by molar-refractivity contribution is 5.67. The van der Waals surface area contributed by atoms with Gasteiger partial charge < -0.3 is 9.64 Å². The number of piperazine rings is 1. The van der Waals surface area contributed by atoms with Crippen LogP contribution in [0, 0.1) is 0 Å². The van der Waals surface area contributed by atoms with Gasteiger partial charge in [-0.3, -0.25) is 4.90 Å². The van der Waals surface area contributed by atoms with E-state index >= 15 is 0 Å². The number of aromatic nitrogens is 4. The maximum atomic E-state index is 13.0. The van der Waals surface area contributed by atoms with Crippen molar-refractivity contribution in [1.82, 2.24) is 30.0 Å². The zero-order valence-corrected chi connectivity index (χ0v) is 16.7. The molecule has 1 aliphatic rings. The number of rotatable bonds is 6. The van der Waals surface area contributed by atoms with Crippen molar-refractivity contribution in [1.29, 1.82) is 0 Å². The van der Waals surface area contributed by atoms with Gasteiger partial charge in [0.05, 0.1) is 6.04 Å². The highest BCUT2D eigenvalue weighted by Crippen LogP contribution is 2.27. The van der Waals surface area contributed by atoms with Crippen molar-refractivity contribution in [2.75, 3.05) is 26.2 Å². The van der Waals surface area contributed by atoms with Crippen LogP contribution >= 0.6 is 0 Å². The van der Waals surface area contributed by atoms with Gasteiger partial charge in [-0.15, -0.1) is 10.2 Å². The Labute approximate surface area is 178 Å². The predicted octanol–water partition coefficient (Wildman–Crippen LogP) is 3.11. The highest BCUT2D eigenvalue weighted by atomic mass is 19.3. The molecule has 8 nitrogen and oxygen atoms in total. The molecule has 0 saturated carbocycles. The minimum absolute atomic E-state index is 0.201. The summed E-state index contributed by atoms with van der Waals surface area (Å²) < 4.78 is 31.3. The van der Waals surface area contributed by atoms with Gasteiger partial charge in [0.15, 0.2) is 5.82 Å². The van der Waals surface area contributed by atoms with Gasteiger partial charge in [-0.05, 0) is 16.3 Å². The molecule has 0 radical (unpaired) electrons. The van der Waals surface area contributed by atoms with Gasteiger partial charge in [-0.2, -0.15) is 8.78 Å². The standard InChI is InChI=1S/C21H22F2N6O2/c22-20(23)29-25-19(24-26-29)18(17-9-5-2-6-10-17)27-11-13-28(14-12-27)21(30)31-15-16-7-3-1-4-8-16/h1-10,18,20H,11-15H2. The van der Waals surface area contributed by atoms with Crippen LogP contribution < -0.4 is 0 Å². The number of nitrogens with zero attached hydrogens (tertiary/aromatic N) is 6. The van der Waals surface area contributed by atoms with Crippen molar-refractivity contribution in [3.8, 4) is 0 Å². The fraction of sp³-hybridized carbons (Fsp3) is 0.333. The molecule has 1 unspecified atom stereocenters. The SMILES string of the molecule is O=C(OCc1ccccc1)N1CCN(C(c2ccccc2)c2nnn(C(F)F)n2)CC1. The van der Waals surface area contributed by atoms with E-state index in [9.17, 15) is 13.6 Å². The molecule has 31 heavy (non-hydrogen) atoms. The van der Waals surface area contributed by atoms with E-state index in [1.165, 1.54) is 0 Å². The van der Waals surface area contributed by atoms with E-state index in [0.717, 1.165) is 11.1 Å². The Kier molecular flexibility index (Phi) is 6.46. The largest absolute Gasteiger partial charge is 0.445 e. The second kappa shape index (κ2) is 9.61. The number of tetrazole rings is 1. The molecule has 2 aromatic carbocycles. The monoisotopic (exact) mass is 428 g/mol. The van der Waals surface area contributed by atoms with Crippen LogP contribution in [-0.2, 0) is 11.3 Å². The molecule has 2 heterocycles. The second-order valence-corrected chi connectivity index (χ2v) is 7.12. The van der Waals surface area contributed by atoms with Crippen LogP contribution in [0.3, 0.4) is 0 Å². The summed E-state index contributed by atoms with van der Waals surface area (Å²) in [6.07, 6.45) is -0.374. The van der Waals surface area contributed by atoms with E-state index in [-0.39, 0.29) is 18.5 Å². The minimum Gasteiger partial charge on any atom is -0.445 e. The molecular weight excluding hydrogens is 406 g/mol. The van der Waals surface area contributed by atoms with Gasteiger partial charge >= 0.3 is 12.6 Å². The summed E-state index contributed by atoms with van der Waals surface area (Å²) in [5.41, 5.74) is 1.79. The lowest BCUT2D eigenvalue weighted by Crippen LogP contribution is -2.50. The minimum atomic E-state index is -2.85. The summed E-state index contributed by atoms with van der Waals surface area (Å²) in [4.78, 5) is 16.4. The Morgan fingerprint density at radius 3 is 2.23 bits per heavy atom. The van der Waals surface area contributed by atoms with Gasteiger partial charge in [-0.25, -0.2) is 4.79 Å². The second-order valence-electron chi connectivity index (χ2n) is 7.12. The first kappa shape index (κ1) is 20.9. The third-order valence-electron chi connectivity index (χ3n) is 5.12. The Hall–Kier alpha value is -3.40. The van der Waals surface area contributed by atoms with Crippen LogP contribution in [0.1, 0.15) is 29.5 Å². The first-order valence-corrected chi connectivity index (χ1v) is 9.94. The fourth-order valence-corrected chi connectivity index (χ4v) is 3.56. The number of benzene rings is 2.